The zero-order chi connectivity index (χ0) is 98.3. The number of nitrogen functional groups attached to an aromatic ring is 1. The van der Waals surface area contributed by atoms with Gasteiger partial charge in [-0.25, -0.2) is 9.59 Å². The molecule has 0 radical (unpaired) electrons. The molecule has 8 amide bonds. The van der Waals surface area contributed by atoms with E-state index < -0.39 is 28.3 Å². The number of nitrogens with zero attached hydrogens (tertiary/aromatic N) is 5. The number of benzene rings is 5. The van der Waals surface area contributed by atoms with E-state index in [0.717, 1.165) is 92.4 Å². The number of anilines is 5. The molecule has 0 saturated carbocycles. The van der Waals surface area contributed by atoms with Crippen molar-refractivity contribution in [2.24, 2.45) is 0 Å². The fourth-order valence-corrected chi connectivity index (χ4v) is 23.9. The second kappa shape index (κ2) is 61.5. The van der Waals surface area contributed by atoms with Gasteiger partial charge in [0.1, 0.15) is 59.9 Å². The van der Waals surface area contributed by atoms with Gasteiger partial charge in [-0.3, -0.25) is 67.7 Å². The number of nitrogens with one attached hydrogen (secondary N) is 2. The van der Waals surface area contributed by atoms with Gasteiger partial charge in [0.15, 0.2) is 0 Å². The van der Waals surface area contributed by atoms with Crippen molar-refractivity contribution >= 4 is 385 Å². The van der Waals surface area contributed by atoms with E-state index in [4.69, 9.17) is 77.7 Å². The van der Waals surface area contributed by atoms with Gasteiger partial charge in [0.25, 0.3) is 0 Å². The second-order valence-electron chi connectivity index (χ2n) is 29.1. The Labute approximate surface area is 939 Å². The zero-order valence-corrected chi connectivity index (χ0v) is 104. The standard InChI is InChI=1S/2C19H18N2O4S3.C13H13NOS3.C13H17NO.C7H9NO.C6H6ClNO3.C6H6O4.2CH4.2I3.I2.HI.S4/c2*1-19(2)17-15(18(26)28-27-17)10-5-4-6-11(25-3)16(10)21(19)14(24)9-20-12(22)7-8-13(20)23;1-13(2)11-9(12(16)18-17-11)7-5-4-6-8(15-3)10(7)14-13;1-9-8-13(2,3)14-12-10(9)6-5-7-11(12)15-4;1-9-7-5-3-2-4-6(7)8;7-4(9)3-8-5(10)1-2-6(8)11;1-9-5(7)3-4-6(8)10-2;;;2*1-3-2;1-2;;1-3-4-2/h2*4-6H,7-9H2,1-3H3;4-6,14H,1-3H3;5-8,14H,1-4H3;2-5H,8H2,1H3;1-3H2;1-2H3;2*1H4;;;;1H;/q;;;;;;;;;2*-1;;;. The van der Waals surface area contributed by atoms with Gasteiger partial charge in [-0.2, -0.15) is 0 Å². The quantitative estimate of drug-likeness (QED) is 0.0125. The van der Waals surface area contributed by atoms with Gasteiger partial charge in [-0.05, 0) is 116 Å². The maximum absolute atomic E-state index is 13.4. The van der Waals surface area contributed by atoms with Crippen molar-refractivity contribution in [3.8, 4) is 74.0 Å². The topological polar surface area (TPSA) is 319 Å². The van der Waals surface area contributed by atoms with Crippen LogP contribution in [0.2, 0.25) is 0 Å². The number of fused-ring (bicyclic) bond motifs is 10. The molecule has 26 nitrogen and oxygen atoms in total. The summed E-state index contributed by atoms with van der Waals surface area (Å²) >= 11 is 45.1. The van der Waals surface area contributed by atoms with Crippen molar-refractivity contribution < 1.29 is 112 Å². The average Bonchev–Trinajstić information content (AvgIpc) is 1.43. The molecule has 0 bridgehead atoms. The van der Waals surface area contributed by atoms with Crippen molar-refractivity contribution in [3.63, 3.8) is 0 Å². The Hall–Kier alpha value is -2.68. The van der Waals surface area contributed by atoms with Gasteiger partial charge in [-0.1, -0.05) is 180 Å². The summed E-state index contributed by atoms with van der Waals surface area (Å²) in [6, 6.07) is 30.8. The first-order chi connectivity index (χ1) is 62.0. The third-order valence-electron chi connectivity index (χ3n) is 19.4. The smallest absolute Gasteiger partial charge is 0.241 e. The van der Waals surface area contributed by atoms with Gasteiger partial charge in [-0.15, -0.1) is 24.0 Å². The van der Waals surface area contributed by atoms with Crippen molar-refractivity contribution in [2.75, 3.05) is 95.6 Å². The van der Waals surface area contributed by atoms with Crippen LogP contribution in [0.3, 0.4) is 0 Å². The van der Waals surface area contributed by atoms with Gasteiger partial charge in [0, 0.05) is 167 Å². The molecule has 0 aliphatic carbocycles. The first-order valence-corrected chi connectivity index (χ1v) is 81.2. The maximum Gasteiger partial charge on any atom is 0.241 e. The molecule has 0 unspecified atom stereocenters. The molecule has 49 heteroatoms. The van der Waals surface area contributed by atoms with Crippen LogP contribution >= 0.6 is 246 Å². The second-order valence-corrected chi connectivity index (χ2v) is 74.0. The SMILES string of the molecule is C.C.COC(=O)C#CC(=O)OC.COc1cccc2c1N(C(=O)CN1C(=O)CCC1=O)C(C)(C)c1ssc(=S)c1-2.COc1cccc2c1N(C(=O)CN1C(=O)CCC1=O)C(C)(C)c1ssc(=S)c1-2.COc1cccc2c1NC(C)(C)C=C2C.COc1cccc2c1NC(C)(C)c1ssc(=S)c1-2.COc1ccccc1N.I.II.I[I-]I.I[I-]I.O=C(Cl)CN1C(=O)CCC1=O.S=S=S=S. The summed E-state index contributed by atoms with van der Waals surface area (Å²) in [5.74, 6) is 3.39. The first kappa shape index (κ1) is 127. The number of rotatable bonds is 11. The summed E-state index contributed by atoms with van der Waals surface area (Å²) in [7, 11) is 22.4. The molecule has 3 aromatic heterocycles. The molecule has 10 heterocycles. The monoisotopic (exact) mass is 3110 g/mol. The molecule has 0 atom stereocenters. The van der Waals surface area contributed by atoms with Crippen LogP contribution < -0.4 is 76.4 Å². The number of methoxy groups -OCH3 is 7. The van der Waals surface area contributed by atoms with Crippen LogP contribution in [0, 0.1) is 23.3 Å². The molecule has 7 aliphatic heterocycles. The number of halogens is 10. The summed E-state index contributed by atoms with van der Waals surface area (Å²) in [5, 5.41) is 6.37. The normalized spacial score (nSPS) is 14.5. The molecule has 3 saturated heterocycles. The summed E-state index contributed by atoms with van der Waals surface area (Å²) in [4.78, 5) is 137. The number of likely N-dealkylation sites (tertiary alicyclic amines) is 3. The number of hydrogen-bond acceptors (Lipinski definition) is 32. The number of carbonyl (C=O) groups excluding carboxylic acids is 11. The van der Waals surface area contributed by atoms with E-state index in [9.17, 15) is 52.7 Å². The Morgan fingerprint density at radius 3 is 1.08 bits per heavy atom. The molecule has 134 heavy (non-hydrogen) atoms. The maximum atomic E-state index is 13.4. The van der Waals surface area contributed by atoms with Crippen LogP contribution in [0.1, 0.15) is 136 Å². The number of nitrogens with two attached hydrogens (primary N) is 1. The fraction of sp³-hybridized carbons (Fsp3) is 0.365. The molecule has 4 N–H and O–H groups in total. The molecule has 0 spiro atoms. The van der Waals surface area contributed by atoms with E-state index in [2.05, 4.69) is 207 Å². The van der Waals surface area contributed by atoms with Crippen molar-refractivity contribution in [3.05, 3.63) is 135 Å². The Morgan fingerprint density at radius 1 is 0.463 bits per heavy atom. The number of imide groups is 3. The first-order valence-electron chi connectivity index (χ1n) is 37.8. The van der Waals surface area contributed by atoms with Crippen LogP contribution in [0.15, 0.2) is 103 Å². The Kier molecular flexibility index (Phi) is 58.4. The Balaban J connectivity index is 0.000000534. The van der Waals surface area contributed by atoms with Crippen LogP contribution in [0.25, 0.3) is 39.0 Å². The molecule has 3 fully saturated rings. The van der Waals surface area contributed by atoms with Crippen LogP contribution in [0.5, 0.6) is 28.7 Å². The van der Waals surface area contributed by atoms with Gasteiger partial charge in [0.05, 0.1) is 115 Å². The Bertz CT molecular complexity index is 5680. The molecule has 8 aromatic rings. The zero-order valence-electron chi connectivity index (χ0n) is 73.0. The summed E-state index contributed by atoms with van der Waals surface area (Å²) in [5.41, 5.74) is 16.6. The molecule has 5 aromatic carbocycles. The van der Waals surface area contributed by atoms with Crippen LogP contribution in [0.4, 0.5) is 28.4 Å². The van der Waals surface area contributed by atoms with Gasteiger partial charge < -0.3 is 49.5 Å². The fourth-order valence-electron chi connectivity index (χ4n) is 13.9. The van der Waals surface area contributed by atoms with E-state index in [-0.39, 0.29) is 155 Å². The summed E-state index contributed by atoms with van der Waals surface area (Å²) in [6.07, 6.45) is 3.27. The molecule has 7 aliphatic rings. The molecular formula is C85H96ClI9N8O18S13-2. The number of allylic oxidation sites excluding steroid dienone is 1. The number of carbonyl (C=O) groups is 11. The van der Waals surface area contributed by atoms with Gasteiger partial charge in [0.2, 0.25) is 52.5 Å². The minimum absolute atomic E-state index is 0. The van der Waals surface area contributed by atoms with Crippen molar-refractivity contribution in [1.82, 2.24) is 14.7 Å². The average molecular weight is 3110 g/mol. The van der Waals surface area contributed by atoms with Gasteiger partial charge >= 0.3 is 113 Å². The predicted molar refractivity (Wildman–Crippen MR) is 617 cm³/mol. The number of hydrogen-bond donors (Lipinski definition) is 3. The van der Waals surface area contributed by atoms with Crippen molar-refractivity contribution in [2.45, 2.75) is 138 Å². The van der Waals surface area contributed by atoms with E-state index in [1.807, 2.05) is 106 Å². The summed E-state index contributed by atoms with van der Waals surface area (Å²) < 4.78 is 37.6. The molecule has 734 valence electrons. The van der Waals surface area contributed by atoms with E-state index in [1.165, 1.54) is 74.2 Å². The molecular weight excluding hydrogens is 3020 g/mol. The number of esters is 2. The molecule has 15 rings (SSSR count). The predicted octanol–water partition coefficient (Wildman–Crippen LogP) is 17.8. The minimum atomic E-state index is -0.759. The van der Waals surface area contributed by atoms with Crippen LogP contribution in [-0.2, 0) is 119 Å². The van der Waals surface area contributed by atoms with E-state index in [1.54, 1.807) is 105 Å². The number of para-hydroxylation sites is 6. The minimum Gasteiger partial charge on any atom is -0.279 e. The largest absolute Gasteiger partial charge is 0.279 e. The van der Waals surface area contributed by atoms with E-state index in [0.29, 0.717) is 55.1 Å². The number of ether oxygens (including phenoxy) is 7. The van der Waals surface area contributed by atoms with Crippen LogP contribution in [-0.4, -0.2) is 154 Å². The Morgan fingerprint density at radius 2 is 0.761 bits per heavy atom. The third-order valence-corrected chi connectivity index (χ3v) is 31.7. The third kappa shape index (κ3) is 33.7. The summed E-state index contributed by atoms with van der Waals surface area (Å²) in [6.45, 7) is 17.8. The van der Waals surface area contributed by atoms with Crippen molar-refractivity contribution in [1.29, 1.82) is 0 Å². The van der Waals surface area contributed by atoms with E-state index >= 15 is 0 Å². The number of amides is 8.